The number of benzene rings is 3. The number of carbonyl (C=O) groups is 1. The number of hydrogen-bond acceptors (Lipinski definition) is 3. The van der Waals surface area contributed by atoms with Crippen LogP contribution in [0, 0.1) is 0 Å². The van der Waals surface area contributed by atoms with Crippen LogP contribution in [0.4, 0.5) is 0 Å². The van der Waals surface area contributed by atoms with Crippen molar-refractivity contribution in [3.63, 3.8) is 0 Å². The van der Waals surface area contributed by atoms with Gasteiger partial charge in [-0.05, 0) is 37.0 Å². The van der Waals surface area contributed by atoms with Crippen molar-refractivity contribution < 1.29 is 9.90 Å². The number of hydrogen-bond donors (Lipinski definition) is 2. The Bertz CT molecular complexity index is 1300. The Balaban J connectivity index is 1.78. The molecule has 2 unspecified atom stereocenters. The van der Waals surface area contributed by atoms with Crippen LogP contribution in [-0.2, 0) is 24.2 Å². The van der Waals surface area contributed by atoms with Gasteiger partial charge in [-0.2, -0.15) is 0 Å². The maximum atomic E-state index is 12.3. The zero-order valence-corrected chi connectivity index (χ0v) is 22.2. The van der Waals surface area contributed by atoms with E-state index in [2.05, 4.69) is 28.9 Å². The van der Waals surface area contributed by atoms with E-state index in [-0.39, 0.29) is 6.04 Å². The van der Waals surface area contributed by atoms with Gasteiger partial charge in [0, 0.05) is 23.0 Å². The molecule has 192 valence electrons. The fourth-order valence-electron chi connectivity index (χ4n) is 4.71. The first kappa shape index (κ1) is 26.6. The molecule has 2 N–H and O–H groups in total. The van der Waals surface area contributed by atoms with Gasteiger partial charge in [0.1, 0.15) is 11.9 Å². The summed E-state index contributed by atoms with van der Waals surface area (Å²) in [5, 5.41) is 14.2. The molecule has 0 saturated heterocycles. The molecule has 0 aliphatic carbocycles. The molecular formula is C31H34ClN3O2. The van der Waals surface area contributed by atoms with Gasteiger partial charge < -0.3 is 9.67 Å². The summed E-state index contributed by atoms with van der Waals surface area (Å²) in [6, 6.07) is 26.7. The maximum absolute atomic E-state index is 12.3. The van der Waals surface area contributed by atoms with Crippen LogP contribution in [0.15, 0.2) is 84.9 Å². The molecule has 4 rings (SSSR count). The zero-order chi connectivity index (χ0) is 26.2. The van der Waals surface area contributed by atoms with E-state index >= 15 is 0 Å². The van der Waals surface area contributed by atoms with Gasteiger partial charge in [-0.3, -0.25) is 10.1 Å². The largest absolute Gasteiger partial charge is 0.480 e. The van der Waals surface area contributed by atoms with Crippen molar-refractivity contribution in [3.8, 4) is 11.3 Å². The van der Waals surface area contributed by atoms with E-state index in [0.717, 1.165) is 53.2 Å². The van der Waals surface area contributed by atoms with Crippen LogP contribution in [0.1, 0.15) is 55.4 Å². The van der Waals surface area contributed by atoms with Crippen molar-refractivity contribution in [2.75, 3.05) is 0 Å². The molecule has 6 heteroatoms. The summed E-state index contributed by atoms with van der Waals surface area (Å²) < 4.78 is 2.23. The third kappa shape index (κ3) is 6.68. The van der Waals surface area contributed by atoms with Crippen molar-refractivity contribution in [2.24, 2.45) is 0 Å². The second-order valence-electron chi connectivity index (χ2n) is 9.38. The van der Waals surface area contributed by atoms with Gasteiger partial charge in [0.2, 0.25) is 0 Å². The molecule has 0 bridgehead atoms. The number of aliphatic carboxylic acids is 1. The number of unbranched alkanes of at least 4 members (excludes halogenated alkanes) is 1. The zero-order valence-electron chi connectivity index (χ0n) is 21.4. The summed E-state index contributed by atoms with van der Waals surface area (Å²) >= 11 is 6.58. The lowest BCUT2D eigenvalue weighted by molar-refractivity contribution is -0.139. The van der Waals surface area contributed by atoms with E-state index < -0.39 is 12.0 Å². The predicted molar refractivity (Wildman–Crippen MR) is 150 cm³/mol. The summed E-state index contributed by atoms with van der Waals surface area (Å²) in [6.07, 6.45) is 3.30. The van der Waals surface area contributed by atoms with Crippen molar-refractivity contribution in [1.82, 2.24) is 14.9 Å². The molecule has 0 fully saturated rings. The number of halogens is 1. The lowest BCUT2D eigenvalue weighted by Crippen LogP contribution is -2.40. The minimum atomic E-state index is -0.875. The average molecular weight is 516 g/mol. The Morgan fingerprint density at radius 3 is 2.30 bits per heavy atom. The first-order chi connectivity index (χ1) is 18.0. The van der Waals surface area contributed by atoms with Gasteiger partial charge in [0.15, 0.2) is 0 Å². The highest BCUT2D eigenvalue weighted by molar-refractivity contribution is 6.31. The van der Waals surface area contributed by atoms with E-state index in [1.54, 1.807) is 0 Å². The maximum Gasteiger partial charge on any atom is 0.321 e. The molecule has 0 aliphatic heterocycles. The minimum absolute atomic E-state index is 0.273. The fourth-order valence-corrected chi connectivity index (χ4v) is 4.90. The van der Waals surface area contributed by atoms with Gasteiger partial charge in [0.25, 0.3) is 0 Å². The number of rotatable bonds is 12. The van der Waals surface area contributed by atoms with Crippen LogP contribution in [0.5, 0.6) is 0 Å². The molecule has 37 heavy (non-hydrogen) atoms. The van der Waals surface area contributed by atoms with E-state index in [0.29, 0.717) is 18.0 Å². The van der Waals surface area contributed by atoms with Crippen molar-refractivity contribution >= 4 is 17.6 Å². The van der Waals surface area contributed by atoms with Crippen LogP contribution in [0.25, 0.3) is 11.3 Å². The lowest BCUT2D eigenvalue weighted by atomic mass is 10.0. The molecule has 4 aromatic rings. The van der Waals surface area contributed by atoms with Crippen LogP contribution in [0.3, 0.4) is 0 Å². The van der Waals surface area contributed by atoms with E-state index in [9.17, 15) is 9.90 Å². The molecule has 2 atom stereocenters. The summed E-state index contributed by atoms with van der Waals surface area (Å²) in [5.41, 5.74) is 4.84. The second-order valence-corrected chi connectivity index (χ2v) is 9.79. The summed E-state index contributed by atoms with van der Waals surface area (Å²) in [6.45, 7) is 4.76. The number of aryl methyl sites for hydroxylation is 1. The first-order valence-electron chi connectivity index (χ1n) is 12.9. The highest BCUT2D eigenvalue weighted by Crippen LogP contribution is 2.32. The van der Waals surface area contributed by atoms with Gasteiger partial charge in [-0.15, -0.1) is 0 Å². The Morgan fingerprint density at radius 2 is 1.65 bits per heavy atom. The topological polar surface area (TPSA) is 67.2 Å². The predicted octanol–water partition coefficient (Wildman–Crippen LogP) is 6.94. The quantitative estimate of drug-likeness (QED) is 0.214. The number of nitrogens with one attached hydrogen (secondary N) is 1. The smallest absolute Gasteiger partial charge is 0.321 e. The van der Waals surface area contributed by atoms with Crippen LogP contribution >= 0.6 is 11.6 Å². The highest BCUT2D eigenvalue weighted by Gasteiger charge is 2.27. The average Bonchev–Trinajstić information content (AvgIpc) is 3.27. The van der Waals surface area contributed by atoms with Crippen LogP contribution < -0.4 is 5.32 Å². The molecule has 1 heterocycles. The van der Waals surface area contributed by atoms with Crippen molar-refractivity contribution in [1.29, 1.82) is 0 Å². The number of carboxylic acids is 1. The van der Waals surface area contributed by atoms with Gasteiger partial charge in [0.05, 0.1) is 17.9 Å². The van der Waals surface area contributed by atoms with Gasteiger partial charge >= 0.3 is 5.97 Å². The second kappa shape index (κ2) is 12.7. The molecule has 5 nitrogen and oxygen atoms in total. The van der Waals surface area contributed by atoms with Crippen molar-refractivity contribution in [3.05, 3.63) is 113 Å². The third-order valence-corrected chi connectivity index (χ3v) is 6.98. The summed E-state index contributed by atoms with van der Waals surface area (Å²) in [5.74, 6) is 0.111. The number of carboxylic acid groups (broad SMARTS) is 1. The van der Waals surface area contributed by atoms with Crippen molar-refractivity contribution in [2.45, 2.75) is 58.2 Å². The molecule has 0 spiro atoms. The molecule has 3 aromatic carbocycles. The SMILES string of the molecule is CCCCc1nc(-c2ccccc2)c(C(C)NC(Cc2ccccc2)C(=O)O)n1Cc1ccccc1Cl. The monoisotopic (exact) mass is 515 g/mol. The van der Waals surface area contributed by atoms with Gasteiger partial charge in [-0.25, -0.2) is 4.98 Å². The molecule has 0 amide bonds. The number of nitrogens with zero attached hydrogens (tertiary/aromatic N) is 2. The van der Waals surface area contributed by atoms with Crippen LogP contribution in [-0.4, -0.2) is 26.7 Å². The van der Waals surface area contributed by atoms with Crippen LogP contribution in [0.2, 0.25) is 5.02 Å². The Kier molecular flexibility index (Phi) is 9.15. The number of imidazole rings is 1. The fraction of sp³-hybridized carbons (Fsp3) is 0.290. The lowest BCUT2D eigenvalue weighted by Gasteiger charge is -2.24. The minimum Gasteiger partial charge on any atom is -0.480 e. The first-order valence-corrected chi connectivity index (χ1v) is 13.3. The van der Waals surface area contributed by atoms with E-state index in [1.807, 2.05) is 79.7 Å². The summed E-state index contributed by atoms with van der Waals surface area (Å²) in [7, 11) is 0. The highest BCUT2D eigenvalue weighted by atomic mass is 35.5. The normalized spacial score (nSPS) is 12.8. The molecule has 0 aliphatic rings. The molecule has 0 saturated carbocycles. The molecular weight excluding hydrogens is 482 g/mol. The third-order valence-electron chi connectivity index (χ3n) is 6.62. The van der Waals surface area contributed by atoms with E-state index in [1.165, 1.54) is 0 Å². The van der Waals surface area contributed by atoms with E-state index in [4.69, 9.17) is 16.6 Å². The Morgan fingerprint density at radius 1 is 1.00 bits per heavy atom. The summed E-state index contributed by atoms with van der Waals surface area (Å²) in [4.78, 5) is 17.4. The Hall–Kier alpha value is -3.41. The molecule has 0 radical (unpaired) electrons. The molecule has 1 aromatic heterocycles. The van der Waals surface area contributed by atoms with Gasteiger partial charge in [-0.1, -0.05) is 104 Å². The standard InChI is InChI=1S/C31H34ClN3O2/c1-3-4-19-28-34-29(24-15-9-6-10-16-24)30(35(28)21-25-17-11-12-18-26(25)32)22(2)33-27(31(36)37)20-23-13-7-5-8-14-23/h5-18,22,27,33H,3-4,19-21H2,1-2H3,(H,36,37). The Labute approximate surface area is 224 Å². The number of aromatic nitrogens is 2.